The van der Waals surface area contributed by atoms with E-state index in [-0.39, 0.29) is 0 Å². The van der Waals surface area contributed by atoms with Crippen molar-refractivity contribution in [3.8, 4) is 0 Å². The summed E-state index contributed by atoms with van der Waals surface area (Å²) in [6, 6.07) is 0. The van der Waals surface area contributed by atoms with E-state index in [2.05, 4.69) is 4.98 Å². The van der Waals surface area contributed by atoms with Crippen LogP contribution in [0.1, 0.15) is 12.0 Å². The van der Waals surface area contributed by atoms with E-state index < -0.39 is 28.6 Å². The van der Waals surface area contributed by atoms with E-state index in [0.717, 1.165) is 6.20 Å². The van der Waals surface area contributed by atoms with Gasteiger partial charge in [0.1, 0.15) is 0 Å². The highest BCUT2D eigenvalue weighted by molar-refractivity contribution is 6.31. The molecule has 0 aliphatic carbocycles. The molecule has 0 fully saturated rings. The summed E-state index contributed by atoms with van der Waals surface area (Å²) >= 11 is 5.22. The van der Waals surface area contributed by atoms with Gasteiger partial charge in [0.2, 0.25) is 0 Å². The third kappa shape index (κ3) is 1.45. The van der Waals surface area contributed by atoms with Crippen molar-refractivity contribution >= 4 is 17.4 Å². The molecule has 1 heterocycles. The van der Waals surface area contributed by atoms with Gasteiger partial charge in [-0.3, -0.25) is 0 Å². The Morgan fingerprint density at radius 1 is 1.50 bits per heavy atom. The standard InChI is InChI=1S/C6H4ClF3N2/c7-3-2(5(9)10)1-12-6(11)4(3)8/h1,5H,(H2,11,12). The molecule has 1 rings (SSSR count). The molecule has 1 aromatic rings. The first-order chi connectivity index (χ1) is 5.54. The van der Waals surface area contributed by atoms with Gasteiger partial charge < -0.3 is 5.73 Å². The molecule has 0 aliphatic heterocycles. The molecule has 0 spiro atoms. The van der Waals surface area contributed by atoms with Crippen LogP contribution in [0, 0.1) is 5.82 Å². The van der Waals surface area contributed by atoms with Crippen molar-refractivity contribution in [1.29, 1.82) is 0 Å². The zero-order valence-corrected chi connectivity index (χ0v) is 6.45. The molecule has 2 nitrogen and oxygen atoms in total. The van der Waals surface area contributed by atoms with Crippen molar-refractivity contribution in [2.75, 3.05) is 5.73 Å². The lowest BCUT2D eigenvalue weighted by Gasteiger charge is -2.03. The number of nitrogen functional groups attached to an aromatic ring is 1. The maximum Gasteiger partial charge on any atom is 0.266 e. The van der Waals surface area contributed by atoms with E-state index in [9.17, 15) is 13.2 Å². The topological polar surface area (TPSA) is 38.9 Å². The van der Waals surface area contributed by atoms with E-state index in [0.29, 0.717) is 0 Å². The van der Waals surface area contributed by atoms with Crippen molar-refractivity contribution in [3.05, 3.63) is 22.6 Å². The molecular formula is C6H4ClF3N2. The molecule has 12 heavy (non-hydrogen) atoms. The van der Waals surface area contributed by atoms with Crippen LogP contribution in [-0.4, -0.2) is 4.98 Å². The van der Waals surface area contributed by atoms with Gasteiger partial charge in [-0.15, -0.1) is 0 Å². The van der Waals surface area contributed by atoms with E-state index in [1.165, 1.54) is 0 Å². The molecule has 0 bridgehead atoms. The number of hydrogen-bond acceptors (Lipinski definition) is 2. The lowest BCUT2D eigenvalue weighted by atomic mass is 10.3. The zero-order valence-electron chi connectivity index (χ0n) is 5.69. The number of aromatic nitrogens is 1. The highest BCUT2D eigenvalue weighted by atomic mass is 35.5. The lowest BCUT2D eigenvalue weighted by Crippen LogP contribution is -1.99. The fourth-order valence-electron chi connectivity index (χ4n) is 0.644. The second-order valence-electron chi connectivity index (χ2n) is 2.03. The normalized spacial score (nSPS) is 10.8. The summed E-state index contributed by atoms with van der Waals surface area (Å²) in [4.78, 5) is 3.20. The van der Waals surface area contributed by atoms with E-state index in [1.54, 1.807) is 0 Å². The quantitative estimate of drug-likeness (QED) is 0.749. The fourth-order valence-corrected chi connectivity index (χ4v) is 0.872. The third-order valence-corrected chi connectivity index (χ3v) is 1.63. The second-order valence-corrected chi connectivity index (χ2v) is 2.41. The van der Waals surface area contributed by atoms with Crippen molar-refractivity contribution in [2.24, 2.45) is 0 Å². The predicted octanol–water partition coefficient (Wildman–Crippen LogP) is 2.39. The minimum atomic E-state index is -2.85. The SMILES string of the molecule is Nc1ncc(C(F)F)c(Cl)c1F. The molecule has 0 saturated heterocycles. The van der Waals surface area contributed by atoms with Gasteiger partial charge in [0.05, 0.1) is 10.6 Å². The molecule has 0 amide bonds. The minimum absolute atomic E-state index is 0.482. The van der Waals surface area contributed by atoms with Gasteiger partial charge in [-0.1, -0.05) is 11.6 Å². The largest absolute Gasteiger partial charge is 0.381 e. The van der Waals surface area contributed by atoms with Gasteiger partial charge in [0, 0.05) is 6.20 Å². The Hall–Kier alpha value is -0.970. The molecule has 0 radical (unpaired) electrons. The summed E-state index contributed by atoms with van der Waals surface area (Å²) in [6.07, 6.45) is -2.09. The molecule has 0 unspecified atom stereocenters. The number of rotatable bonds is 1. The highest BCUT2D eigenvalue weighted by Crippen LogP contribution is 2.29. The van der Waals surface area contributed by atoms with Crippen LogP contribution in [-0.2, 0) is 0 Å². The lowest BCUT2D eigenvalue weighted by molar-refractivity contribution is 0.150. The van der Waals surface area contributed by atoms with Crippen LogP contribution in [0.25, 0.3) is 0 Å². The van der Waals surface area contributed by atoms with Crippen LogP contribution in [0.15, 0.2) is 6.20 Å². The number of hydrogen-bond donors (Lipinski definition) is 1. The average Bonchev–Trinajstić information content (AvgIpc) is 2.00. The number of nitrogens with zero attached hydrogens (tertiary/aromatic N) is 1. The summed E-state index contributed by atoms with van der Waals surface area (Å²) in [6.45, 7) is 0. The molecule has 1 aromatic heterocycles. The summed E-state index contributed by atoms with van der Waals surface area (Å²) in [5, 5.41) is -0.669. The Bertz CT molecular complexity index is 303. The number of alkyl halides is 2. The van der Waals surface area contributed by atoms with Crippen molar-refractivity contribution in [2.45, 2.75) is 6.43 Å². The Kier molecular flexibility index (Phi) is 2.42. The van der Waals surface area contributed by atoms with Crippen molar-refractivity contribution in [1.82, 2.24) is 4.98 Å². The smallest absolute Gasteiger partial charge is 0.266 e. The van der Waals surface area contributed by atoms with Gasteiger partial charge in [0.15, 0.2) is 11.6 Å². The third-order valence-electron chi connectivity index (χ3n) is 1.25. The van der Waals surface area contributed by atoms with Gasteiger partial charge >= 0.3 is 0 Å². The molecule has 0 aromatic carbocycles. The van der Waals surface area contributed by atoms with Crippen molar-refractivity contribution in [3.63, 3.8) is 0 Å². The molecule has 0 saturated carbocycles. The van der Waals surface area contributed by atoms with Gasteiger partial charge in [-0.05, 0) is 0 Å². The first-order valence-corrected chi connectivity index (χ1v) is 3.29. The van der Waals surface area contributed by atoms with E-state index >= 15 is 0 Å². The molecule has 0 aliphatic rings. The van der Waals surface area contributed by atoms with Gasteiger partial charge in [-0.2, -0.15) is 0 Å². The minimum Gasteiger partial charge on any atom is -0.381 e. The predicted molar refractivity (Wildman–Crippen MR) is 38.6 cm³/mol. The molecule has 6 heteroatoms. The van der Waals surface area contributed by atoms with Crippen LogP contribution in [0.2, 0.25) is 5.02 Å². The number of pyridine rings is 1. The van der Waals surface area contributed by atoms with E-state index in [4.69, 9.17) is 17.3 Å². The van der Waals surface area contributed by atoms with Gasteiger partial charge in [0.25, 0.3) is 6.43 Å². The molecule has 2 N–H and O–H groups in total. The average molecular weight is 197 g/mol. The van der Waals surface area contributed by atoms with Crippen LogP contribution >= 0.6 is 11.6 Å². The number of anilines is 1. The van der Waals surface area contributed by atoms with Crippen molar-refractivity contribution < 1.29 is 13.2 Å². The van der Waals surface area contributed by atoms with Gasteiger partial charge in [-0.25, -0.2) is 18.2 Å². The summed E-state index contributed by atoms with van der Waals surface area (Å²) < 4.78 is 36.7. The Morgan fingerprint density at radius 2 is 2.08 bits per heavy atom. The van der Waals surface area contributed by atoms with E-state index in [1.807, 2.05) is 0 Å². The second kappa shape index (κ2) is 3.18. The molecule has 66 valence electrons. The zero-order chi connectivity index (χ0) is 9.30. The number of halogens is 4. The van der Waals surface area contributed by atoms with Crippen LogP contribution in [0.4, 0.5) is 19.0 Å². The monoisotopic (exact) mass is 196 g/mol. The molecule has 0 atom stereocenters. The Morgan fingerprint density at radius 3 is 2.58 bits per heavy atom. The Balaban J connectivity index is 3.27. The summed E-state index contributed by atoms with van der Waals surface area (Å²) in [5.41, 5.74) is 4.32. The summed E-state index contributed by atoms with van der Waals surface area (Å²) in [5.74, 6) is -1.58. The van der Waals surface area contributed by atoms with Crippen LogP contribution < -0.4 is 5.73 Å². The highest BCUT2D eigenvalue weighted by Gasteiger charge is 2.17. The Labute approximate surface area is 71.2 Å². The maximum atomic E-state index is 12.7. The first kappa shape index (κ1) is 9.12. The summed E-state index contributed by atoms with van der Waals surface area (Å²) in [7, 11) is 0. The fraction of sp³-hybridized carbons (Fsp3) is 0.167. The molecular weight excluding hydrogens is 193 g/mol. The maximum absolute atomic E-state index is 12.7. The number of nitrogens with two attached hydrogens (primary N) is 1. The van der Waals surface area contributed by atoms with Crippen LogP contribution in [0.5, 0.6) is 0 Å². The first-order valence-electron chi connectivity index (χ1n) is 2.91. The van der Waals surface area contributed by atoms with Crippen LogP contribution in [0.3, 0.4) is 0 Å².